The maximum absolute atomic E-state index is 12.3. The van der Waals surface area contributed by atoms with Crippen LogP contribution in [0.1, 0.15) is 26.7 Å². The molecule has 0 aliphatic carbocycles. The topological polar surface area (TPSA) is 15.3 Å². The minimum atomic E-state index is -4.09. The predicted octanol–water partition coefficient (Wildman–Crippen LogP) is 2.26. The highest BCUT2D eigenvalue weighted by atomic mass is 19.4. The van der Waals surface area contributed by atoms with E-state index in [1.165, 1.54) is 4.90 Å². The summed E-state index contributed by atoms with van der Waals surface area (Å²) < 4.78 is 36.8. The van der Waals surface area contributed by atoms with Crippen molar-refractivity contribution in [2.24, 2.45) is 0 Å². The van der Waals surface area contributed by atoms with E-state index in [0.29, 0.717) is 6.54 Å². The van der Waals surface area contributed by atoms with E-state index < -0.39 is 12.7 Å². The fourth-order valence-electron chi connectivity index (χ4n) is 1.51. The second-order valence-corrected chi connectivity index (χ2v) is 3.83. The van der Waals surface area contributed by atoms with E-state index in [2.05, 4.69) is 5.32 Å². The first-order valence-electron chi connectivity index (χ1n) is 5.36. The van der Waals surface area contributed by atoms with Gasteiger partial charge in [-0.25, -0.2) is 0 Å². The van der Waals surface area contributed by atoms with Crippen molar-refractivity contribution < 1.29 is 13.2 Å². The van der Waals surface area contributed by atoms with Gasteiger partial charge in [-0.3, -0.25) is 4.90 Å². The zero-order chi connectivity index (χ0) is 11.9. The first-order valence-corrected chi connectivity index (χ1v) is 5.36. The molecule has 0 bridgehead atoms. The van der Waals surface area contributed by atoms with Gasteiger partial charge in [-0.05, 0) is 39.9 Å². The maximum Gasteiger partial charge on any atom is 0.401 e. The lowest BCUT2D eigenvalue weighted by Crippen LogP contribution is -2.41. The molecule has 0 aliphatic heterocycles. The van der Waals surface area contributed by atoms with Crippen LogP contribution in [0.5, 0.6) is 0 Å². The quantitative estimate of drug-likeness (QED) is 0.716. The third-order valence-electron chi connectivity index (χ3n) is 2.33. The summed E-state index contributed by atoms with van der Waals surface area (Å²) in [5.74, 6) is 0. The summed E-state index contributed by atoms with van der Waals surface area (Å²) in [6.45, 7) is 4.20. The molecular weight excluding hydrogens is 205 g/mol. The Hall–Kier alpha value is -0.290. The third-order valence-corrected chi connectivity index (χ3v) is 2.33. The average molecular weight is 226 g/mol. The lowest BCUT2D eigenvalue weighted by atomic mass is 10.2. The number of alkyl halides is 3. The van der Waals surface area contributed by atoms with E-state index in [1.54, 1.807) is 7.05 Å². The summed E-state index contributed by atoms with van der Waals surface area (Å²) in [7, 11) is 1.81. The van der Waals surface area contributed by atoms with Crippen LogP contribution in [-0.2, 0) is 0 Å². The lowest BCUT2D eigenvalue weighted by Gasteiger charge is -2.29. The van der Waals surface area contributed by atoms with Gasteiger partial charge in [0.25, 0.3) is 0 Å². The van der Waals surface area contributed by atoms with E-state index >= 15 is 0 Å². The zero-order valence-corrected chi connectivity index (χ0v) is 9.69. The molecule has 0 saturated carbocycles. The Morgan fingerprint density at radius 1 is 1.33 bits per heavy atom. The molecule has 0 spiro atoms. The number of rotatable bonds is 7. The predicted molar refractivity (Wildman–Crippen MR) is 55.9 cm³/mol. The molecule has 15 heavy (non-hydrogen) atoms. The van der Waals surface area contributed by atoms with Gasteiger partial charge in [0, 0.05) is 6.04 Å². The molecular formula is C10H21F3N2. The van der Waals surface area contributed by atoms with Gasteiger partial charge < -0.3 is 5.32 Å². The molecule has 0 aliphatic rings. The summed E-state index contributed by atoms with van der Waals surface area (Å²) >= 11 is 0. The highest BCUT2D eigenvalue weighted by Gasteiger charge is 2.31. The smallest absolute Gasteiger partial charge is 0.320 e. The van der Waals surface area contributed by atoms with Crippen LogP contribution >= 0.6 is 0 Å². The van der Waals surface area contributed by atoms with Gasteiger partial charge in [-0.1, -0.05) is 6.92 Å². The second kappa shape index (κ2) is 7.06. The summed E-state index contributed by atoms with van der Waals surface area (Å²) in [6, 6.07) is -0.0287. The summed E-state index contributed by atoms with van der Waals surface area (Å²) in [6.07, 6.45) is -2.60. The molecule has 1 unspecified atom stereocenters. The van der Waals surface area contributed by atoms with Crippen molar-refractivity contribution in [2.45, 2.75) is 38.9 Å². The normalized spacial score (nSPS) is 14.6. The van der Waals surface area contributed by atoms with Crippen LogP contribution in [0.15, 0.2) is 0 Å². The van der Waals surface area contributed by atoms with Gasteiger partial charge >= 0.3 is 6.18 Å². The SMILES string of the molecule is CCCN(CC(F)(F)F)C(C)CCNC. The van der Waals surface area contributed by atoms with Crippen molar-refractivity contribution in [3.8, 4) is 0 Å². The zero-order valence-electron chi connectivity index (χ0n) is 9.69. The van der Waals surface area contributed by atoms with Crippen LogP contribution in [0, 0.1) is 0 Å². The summed E-state index contributed by atoms with van der Waals surface area (Å²) in [5, 5.41) is 2.95. The van der Waals surface area contributed by atoms with Gasteiger partial charge in [0.1, 0.15) is 0 Å². The number of hydrogen-bond acceptors (Lipinski definition) is 2. The van der Waals surface area contributed by atoms with Crippen LogP contribution < -0.4 is 5.32 Å². The van der Waals surface area contributed by atoms with Gasteiger partial charge in [-0.15, -0.1) is 0 Å². The van der Waals surface area contributed by atoms with E-state index in [-0.39, 0.29) is 6.04 Å². The second-order valence-electron chi connectivity index (χ2n) is 3.83. The highest BCUT2D eigenvalue weighted by molar-refractivity contribution is 4.71. The van der Waals surface area contributed by atoms with Crippen LogP contribution in [0.4, 0.5) is 13.2 Å². The van der Waals surface area contributed by atoms with Crippen molar-refractivity contribution in [1.29, 1.82) is 0 Å². The van der Waals surface area contributed by atoms with Crippen LogP contribution in [0.25, 0.3) is 0 Å². The maximum atomic E-state index is 12.3. The molecule has 92 valence electrons. The van der Waals surface area contributed by atoms with Crippen molar-refractivity contribution in [3.05, 3.63) is 0 Å². The first-order chi connectivity index (χ1) is 6.90. The van der Waals surface area contributed by atoms with Crippen LogP contribution in [0.3, 0.4) is 0 Å². The Balaban J connectivity index is 4.12. The molecule has 0 aromatic carbocycles. The molecule has 0 radical (unpaired) electrons. The molecule has 5 heteroatoms. The number of halogens is 3. The Bertz CT molecular complexity index is 159. The molecule has 0 heterocycles. The number of nitrogens with zero attached hydrogens (tertiary/aromatic N) is 1. The Morgan fingerprint density at radius 3 is 2.33 bits per heavy atom. The monoisotopic (exact) mass is 226 g/mol. The first kappa shape index (κ1) is 14.7. The Kier molecular flexibility index (Phi) is 6.92. The average Bonchev–Trinajstić information content (AvgIpc) is 2.11. The molecule has 1 N–H and O–H groups in total. The van der Waals surface area contributed by atoms with E-state index in [9.17, 15) is 13.2 Å². The summed E-state index contributed by atoms with van der Waals surface area (Å²) in [4.78, 5) is 1.50. The van der Waals surface area contributed by atoms with Gasteiger partial charge in [-0.2, -0.15) is 13.2 Å². The minimum absolute atomic E-state index is 0.0287. The van der Waals surface area contributed by atoms with E-state index in [0.717, 1.165) is 19.4 Å². The molecule has 0 fully saturated rings. The molecule has 1 atom stereocenters. The molecule has 0 aromatic rings. The van der Waals surface area contributed by atoms with Crippen molar-refractivity contribution in [2.75, 3.05) is 26.7 Å². The van der Waals surface area contributed by atoms with Crippen molar-refractivity contribution >= 4 is 0 Å². The van der Waals surface area contributed by atoms with Gasteiger partial charge in [0.2, 0.25) is 0 Å². The van der Waals surface area contributed by atoms with Crippen LogP contribution in [0.2, 0.25) is 0 Å². The molecule has 2 nitrogen and oxygen atoms in total. The van der Waals surface area contributed by atoms with Gasteiger partial charge in [0.15, 0.2) is 0 Å². The standard InChI is InChI=1S/C10H21F3N2/c1-4-7-15(8-10(11,12)13)9(2)5-6-14-3/h9,14H,4-8H2,1-3H3. The molecule has 0 aromatic heterocycles. The van der Waals surface area contributed by atoms with Crippen molar-refractivity contribution in [3.63, 3.8) is 0 Å². The third kappa shape index (κ3) is 7.62. The van der Waals surface area contributed by atoms with E-state index in [4.69, 9.17) is 0 Å². The van der Waals surface area contributed by atoms with Crippen molar-refractivity contribution in [1.82, 2.24) is 10.2 Å². The number of hydrogen-bond donors (Lipinski definition) is 1. The minimum Gasteiger partial charge on any atom is -0.320 e. The fourth-order valence-corrected chi connectivity index (χ4v) is 1.51. The Labute approximate surface area is 89.8 Å². The largest absolute Gasteiger partial charge is 0.401 e. The lowest BCUT2D eigenvalue weighted by molar-refractivity contribution is -0.150. The Morgan fingerprint density at radius 2 is 1.93 bits per heavy atom. The summed E-state index contributed by atoms with van der Waals surface area (Å²) in [5.41, 5.74) is 0. The van der Waals surface area contributed by atoms with Gasteiger partial charge in [0.05, 0.1) is 6.54 Å². The molecule has 0 saturated heterocycles. The number of nitrogens with one attached hydrogen (secondary N) is 1. The van der Waals surface area contributed by atoms with E-state index in [1.807, 2.05) is 13.8 Å². The molecule has 0 amide bonds. The fraction of sp³-hybridized carbons (Fsp3) is 1.00. The highest BCUT2D eigenvalue weighted by Crippen LogP contribution is 2.18. The van der Waals surface area contributed by atoms with Crippen LogP contribution in [-0.4, -0.2) is 43.8 Å². The molecule has 0 rings (SSSR count).